The first-order chi connectivity index (χ1) is 9.15. The minimum atomic E-state index is -0.491. The van der Waals surface area contributed by atoms with Crippen molar-refractivity contribution < 1.29 is 9.53 Å². The highest BCUT2D eigenvalue weighted by Crippen LogP contribution is 2.32. The number of anilines is 1. The molecule has 0 spiro atoms. The average Bonchev–Trinajstić information content (AvgIpc) is 2.87. The molecule has 0 atom stereocenters. The van der Waals surface area contributed by atoms with Crippen LogP contribution in [0.15, 0.2) is 24.4 Å². The summed E-state index contributed by atoms with van der Waals surface area (Å²) in [5.41, 5.74) is 6.66. The Morgan fingerprint density at radius 1 is 1.53 bits per heavy atom. The van der Waals surface area contributed by atoms with Gasteiger partial charge in [0.15, 0.2) is 5.13 Å². The van der Waals surface area contributed by atoms with Gasteiger partial charge in [0.1, 0.15) is 5.75 Å². The van der Waals surface area contributed by atoms with Gasteiger partial charge >= 0.3 is 0 Å². The van der Waals surface area contributed by atoms with E-state index in [1.165, 1.54) is 11.3 Å². The number of carbonyl (C=O) groups is 1. The van der Waals surface area contributed by atoms with Crippen molar-refractivity contribution >= 4 is 22.4 Å². The van der Waals surface area contributed by atoms with Crippen LogP contribution in [0.2, 0.25) is 0 Å². The van der Waals surface area contributed by atoms with Gasteiger partial charge in [-0.3, -0.25) is 4.79 Å². The van der Waals surface area contributed by atoms with Crippen LogP contribution in [-0.4, -0.2) is 24.5 Å². The molecule has 0 radical (unpaired) electrons. The molecule has 100 valence electrons. The van der Waals surface area contributed by atoms with E-state index in [9.17, 15) is 4.79 Å². The molecule has 0 bridgehead atoms. The number of aromatic nitrogens is 1. The molecular formula is C13H15N3O2S. The molecular weight excluding hydrogens is 262 g/mol. The molecule has 19 heavy (non-hydrogen) atoms. The summed E-state index contributed by atoms with van der Waals surface area (Å²) in [6.07, 6.45) is 1.78. The van der Waals surface area contributed by atoms with E-state index in [0.717, 1.165) is 15.6 Å². The second-order valence-corrected chi connectivity index (χ2v) is 4.82. The Kier molecular flexibility index (Phi) is 4.01. The van der Waals surface area contributed by atoms with Crippen molar-refractivity contribution in [1.82, 2.24) is 4.98 Å². The number of rotatable bonds is 5. The molecule has 2 rings (SSSR count). The first-order valence-corrected chi connectivity index (χ1v) is 6.68. The molecule has 0 aliphatic heterocycles. The van der Waals surface area contributed by atoms with Crippen molar-refractivity contribution in [1.29, 1.82) is 0 Å². The second-order valence-electron chi connectivity index (χ2n) is 3.79. The van der Waals surface area contributed by atoms with Crippen LogP contribution < -0.4 is 15.8 Å². The Hall–Kier alpha value is -2.08. The van der Waals surface area contributed by atoms with Gasteiger partial charge in [-0.1, -0.05) is 17.4 Å². The average molecular weight is 277 g/mol. The predicted octanol–water partition coefficient (Wildman–Crippen LogP) is 2.35. The molecule has 0 unspecified atom stereocenters. The van der Waals surface area contributed by atoms with E-state index in [-0.39, 0.29) is 0 Å². The third kappa shape index (κ3) is 2.85. The Bertz CT molecular complexity index is 595. The summed E-state index contributed by atoms with van der Waals surface area (Å²) >= 11 is 1.53. The number of hydrogen-bond donors (Lipinski definition) is 2. The lowest BCUT2D eigenvalue weighted by Crippen LogP contribution is -2.13. The Labute approximate surface area is 115 Å². The maximum absolute atomic E-state index is 11.3. The Balaban J connectivity index is 2.42. The van der Waals surface area contributed by atoms with Gasteiger partial charge in [0.05, 0.1) is 17.0 Å². The van der Waals surface area contributed by atoms with Gasteiger partial charge in [-0.15, -0.1) is 0 Å². The monoisotopic (exact) mass is 277 g/mol. The highest BCUT2D eigenvalue weighted by Gasteiger charge is 2.12. The Morgan fingerprint density at radius 2 is 2.32 bits per heavy atom. The SMILES string of the molecule is CCOc1cc(-c2cnc(NC)s2)ccc1C(N)=O. The zero-order chi connectivity index (χ0) is 13.8. The van der Waals surface area contributed by atoms with Gasteiger partial charge in [0.2, 0.25) is 0 Å². The lowest BCUT2D eigenvalue weighted by Gasteiger charge is -2.09. The predicted molar refractivity (Wildman–Crippen MR) is 76.8 cm³/mol. The smallest absolute Gasteiger partial charge is 0.252 e. The summed E-state index contributed by atoms with van der Waals surface area (Å²) in [6.45, 7) is 2.34. The molecule has 0 aliphatic rings. The number of ether oxygens (including phenoxy) is 1. The molecule has 1 amide bonds. The number of primary amides is 1. The van der Waals surface area contributed by atoms with Crippen LogP contribution in [0.3, 0.4) is 0 Å². The highest BCUT2D eigenvalue weighted by atomic mass is 32.1. The number of carbonyl (C=O) groups excluding carboxylic acids is 1. The topological polar surface area (TPSA) is 77.2 Å². The number of nitrogens with zero attached hydrogens (tertiary/aromatic N) is 1. The molecule has 1 heterocycles. The first-order valence-electron chi connectivity index (χ1n) is 5.86. The van der Waals surface area contributed by atoms with Crippen LogP contribution in [0, 0.1) is 0 Å². The van der Waals surface area contributed by atoms with Crippen LogP contribution in [0.4, 0.5) is 5.13 Å². The van der Waals surface area contributed by atoms with Crippen molar-refractivity contribution in [2.45, 2.75) is 6.92 Å². The van der Waals surface area contributed by atoms with Gasteiger partial charge in [0, 0.05) is 13.2 Å². The summed E-state index contributed by atoms with van der Waals surface area (Å²) in [5, 5.41) is 3.83. The van der Waals surface area contributed by atoms with E-state index in [1.54, 1.807) is 12.3 Å². The third-order valence-electron chi connectivity index (χ3n) is 2.55. The van der Waals surface area contributed by atoms with Crippen molar-refractivity contribution in [2.75, 3.05) is 19.0 Å². The fourth-order valence-corrected chi connectivity index (χ4v) is 2.44. The molecule has 6 heteroatoms. The molecule has 5 nitrogen and oxygen atoms in total. The number of thiazole rings is 1. The van der Waals surface area contributed by atoms with Gasteiger partial charge < -0.3 is 15.8 Å². The quantitative estimate of drug-likeness (QED) is 0.879. The molecule has 1 aromatic heterocycles. The maximum Gasteiger partial charge on any atom is 0.252 e. The minimum Gasteiger partial charge on any atom is -0.493 e. The summed E-state index contributed by atoms with van der Waals surface area (Å²) in [7, 11) is 1.82. The molecule has 0 saturated heterocycles. The second kappa shape index (κ2) is 5.71. The highest BCUT2D eigenvalue weighted by molar-refractivity contribution is 7.18. The van der Waals surface area contributed by atoms with E-state index in [0.29, 0.717) is 17.9 Å². The van der Waals surface area contributed by atoms with E-state index >= 15 is 0 Å². The molecule has 3 N–H and O–H groups in total. The number of benzene rings is 1. The zero-order valence-corrected chi connectivity index (χ0v) is 11.6. The van der Waals surface area contributed by atoms with E-state index < -0.39 is 5.91 Å². The lowest BCUT2D eigenvalue weighted by atomic mass is 10.1. The number of hydrogen-bond acceptors (Lipinski definition) is 5. The number of nitrogens with one attached hydrogen (secondary N) is 1. The normalized spacial score (nSPS) is 10.2. The van der Waals surface area contributed by atoms with E-state index in [2.05, 4.69) is 10.3 Å². The molecule has 2 aromatic rings. The van der Waals surface area contributed by atoms with E-state index in [4.69, 9.17) is 10.5 Å². The van der Waals surface area contributed by atoms with Crippen LogP contribution in [0.5, 0.6) is 5.75 Å². The molecule has 0 aliphatic carbocycles. The van der Waals surface area contributed by atoms with Crippen LogP contribution >= 0.6 is 11.3 Å². The van der Waals surface area contributed by atoms with Gasteiger partial charge in [-0.2, -0.15) is 0 Å². The zero-order valence-electron chi connectivity index (χ0n) is 10.8. The maximum atomic E-state index is 11.3. The summed E-state index contributed by atoms with van der Waals surface area (Å²) in [6, 6.07) is 5.34. The molecule has 0 fully saturated rings. The fraction of sp³-hybridized carbons (Fsp3) is 0.231. The summed E-state index contributed by atoms with van der Waals surface area (Å²) in [5.74, 6) is 0.0159. The molecule has 1 aromatic carbocycles. The lowest BCUT2D eigenvalue weighted by molar-refractivity contribution is 0.0996. The largest absolute Gasteiger partial charge is 0.493 e. The number of nitrogens with two attached hydrogens (primary N) is 1. The number of amides is 1. The van der Waals surface area contributed by atoms with Crippen molar-refractivity contribution in [3.8, 4) is 16.2 Å². The minimum absolute atomic E-state index is 0.393. The van der Waals surface area contributed by atoms with Crippen LogP contribution in [0.25, 0.3) is 10.4 Å². The van der Waals surface area contributed by atoms with E-state index in [1.807, 2.05) is 26.1 Å². The standard InChI is InChI=1S/C13H15N3O2S/c1-3-18-10-6-8(4-5-9(10)12(14)17)11-7-16-13(15-2)19-11/h4-7H,3H2,1-2H3,(H2,14,17)(H,15,16). The first kappa shape index (κ1) is 13.4. The van der Waals surface area contributed by atoms with Crippen molar-refractivity contribution in [2.24, 2.45) is 5.73 Å². The Morgan fingerprint density at radius 3 is 2.89 bits per heavy atom. The fourth-order valence-electron chi connectivity index (χ4n) is 1.68. The van der Waals surface area contributed by atoms with Crippen molar-refractivity contribution in [3.05, 3.63) is 30.0 Å². The third-order valence-corrected chi connectivity index (χ3v) is 3.61. The van der Waals surface area contributed by atoms with Gasteiger partial charge in [0.25, 0.3) is 5.91 Å². The molecule has 0 saturated carbocycles. The summed E-state index contributed by atoms with van der Waals surface area (Å²) in [4.78, 5) is 16.5. The summed E-state index contributed by atoms with van der Waals surface area (Å²) < 4.78 is 5.46. The van der Waals surface area contributed by atoms with Gasteiger partial charge in [-0.25, -0.2) is 4.98 Å². The van der Waals surface area contributed by atoms with Crippen LogP contribution in [-0.2, 0) is 0 Å². The van der Waals surface area contributed by atoms with Crippen LogP contribution in [0.1, 0.15) is 17.3 Å². The van der Waals surface area contributed by atoms with Gasteiger partial charge in [-0.05, 0) is 24.6 Å². The van der Waals surface area contributed by atoms with Crippen molar-refractivity contribution in [3.63, 3.8) is 0 Å².